The van der Waals surface area contributed by atoms with Gasteiger partial charge < -0.3 is 10.1 Å². The minimum atomic E-state index is -1.50. The van der Waals surface area contributed by atoms with Crippen molar-refractivity contribution in [1.82, 2.24) is 0 Å². The molecule has 0 unspecified atom stereocenters. The Bertz CT molecular complexity index is 1050. The number of rotatable bonds is 4. The second-order valence-corrected chi connectivity index (χ2v) is 7.63. The lowest BCUT2D eigenvalue weighted by molar-refractivity contribution is 0.0818. The van der Waals surface area contributed by atoms with E-state index >= 15 is 0 Å². The van der Waals surface area contributed by atoms with Gasteiger partial charge in [0.15, 0.2) is 5.54 Å². The molecule has 5 heteroatoms. The Morgan fingerprint density at radius 2 is 1.50 bits per heavy atom. The number of ether oxygens (including phenoxy) is 1. The maximum absolute atomic E-state index is 13.5. The van der Waals surface area contributed by atoms with Crippen LogP contribution in [0.4, 0.5) is 5.69 Å². The summed E-state index contributed by atoms with van der Waals surface area (Å²) in [7, 11) is 1.58. The second kappa shape index (κ2) is 6.91. The predicted molar refractivity (Wildman–Crippen MR) is 112 cm³/mol. The molecular weight excluding hydrogens is 418 g/mol. The van der Waals surface area contributed by atoms with Gasteiger partial charge in [0.1, 0.15) is 5.75 Å². The summed E-state index contributed by atoms with van der Waals surface area (Å²) in [5, 5.41) is 3.26. The van der Waals surface area contributed by atoms with Gasteiger partial charge in [0, 0.05) is 21.3 Å². The van der Waals surface area contributed by atoms with Gasteiger partial charge >= 0.3 is 0 Å². The molecule has 0 heterocycles. The summed E-state index contributed by atoms with van der Waals surface area (Å²) in [6.45, 7) is 1.96. The largest absolute Gasteiger partial charge is 0.497 e. The van der Waals surface area contributed by atoms with Crippen LogP contribution in [-0.4, -0.2) is 18.7 Å². The minimum absolute atomic E-state index is 0.251. The molecule has 1 aliphatic rings. The molecule has 0 saturated carbocycles. The zero-order valence-electron chi connectivity index (χ0n) is 15.5. The molecule has 0 amide bonds. The first-order chi connectivity index (χ1) is 13.5. The highest BCUT2D eigenvalue weighted by molar-refractivity contribution is 9.10. The zero-order valence-corrected chi connectivity index (χ0v) is 17.0. The number of hydrogen-bond donors (Lipinski definition) is 1. The van der Waals surface area contributed by atoms with Crippen LogP contribution in [0.2, 0.25) is 0 Å². The van der Waals surface area contributed by atoms with E-state index < -0.39 is 5.54 Å². The van der Waals surface area contributed by atoms with E-state index in [1.807, 2.05) is 25.1 Å². The molecule has 1 aliphatic carbocycles. The maximum atomic E-state index is 13.5. The van der Waals surface area contributed by atoms with E-state index in [0.29, 0.717) is 28.1 Å². The first-order valence-electron chi connectivity index (χ1n) is 8.85. The van der Waals surface area contributed by atoms with Crippen molar-refractivity contribution in [1.29, 1.82) is 0 Å². The Balaban J connectivity index is 1.90. The standard InChI is InChI=1S/C23H18BrNO3/c1-14-13-16(9-12-20(14)24)25-23(15-7-10-17(28-2)11-8-15)21(26)18-5-3-4-6-19(18)22(23)27/h3-13,25H,1-2H3. The summed E-state index contributed by atoms with van der Waals surface area (Å²) in [6, 6.07) is 19.7. The molecule has 0 spiro atoms. The molecule has 0 fully saturated rings. The van der Waals surface area contributed by atoms with Gasteiger partial charge in [-0.3, -0.25) is 9.59 Å². The van der Waals surface area contributed by atoms with Gasteiger partial charge in [0.2, 0.25) is 11.6 Å². The third-order valence-corrected chi connectivity index (χ3v) is 6.00. The molecular formula is C23H18BrNO3. The lowest BCUT2D eigenvalue weighted by Crippen LogP contribution is -2.46. The fourth-order valence-corrected chi connectivity index (χ4v) is 3.86. The highest BCUT2D eigenvalue weighted by Crippen LogP contribution is 2.41. The number of methoxy groups -OCH3 is 1. The number of carbonyl (C=O) groups excluding carboxylic acids is 2. The summed E-state index contributed by atoms with van der Waals surface area (Å²) in [6.07, 6.45) is 0. The number of aryl methyl sites for hydroxylation is 1. The Hall–Kier alpha value is -2.92. The van der Waals surface area contributed by atoms with Gasteiger partial charge in [-0.1, -0.05) is 52.3 Å². The third kappa shape index (κ3) is 2.74. The predicted octanol–water partition coefficient (Wildman–Crippen LogP) is 5.15. The van der Waals surface area contributed by atoms with Crippen LogP contribution >= 0.6 is 15.9 Å². The van der Waals surface area contributed by atoms with E-state index in [4.69, 9.17) is 4.74 Å². The van der Waals surface area contributed by atoms with Gasteiger partial charge in [-0.15, -0.1) is 0 Å². The molecule has 4 nitrogen and oxygen atoms in total. The lowest BCUT2D eigenvalue weighted by Gasteiger charge is -2.29. The molecule has 3 aromatic carbocycles. The molecule has 0 atom stereocenters. The molecule has 0 radical (unpaired) electrons. The van der Waals surface area contributed by atoms with Crippen LogP contribution in [0, 0.1) is 6.92 Å². The van der Waals surface area contributed by atoms with Crippen LogP contribution in [0.15, 0.2) is 71.2 Å². The number of halogens is 1. The summed E-state index contributed by atoms with van der Waals surface area (Å²) < 4.78 is 6.19. The van der Waals surface area contributed by atoms with Crippen molar-refractivity contribution >= 4 is 33.2 Å². The third-order valence-electron chi connectivity index (χ3n) is 5.11. The van der Waals surface area contributed by atoms with Crippen LogP contribution in [0.25, 0.3) is 0 Å². The Morgan fingerprint density at radius 3 is 2.04 bits per heavy atom. The van der Waals surface area contributed by atoms with Crippen molar-refractivity contribution in [2.24, 2.45) is 0 Å². The number of carbonyl (C=O) groups is 2. The first kappa shape index (κ1) is 18.4. The van der Waals surface area contributed by atoms with Gasteiger partial charge in [-0.2, -0.15) is 0 Å². The average Bonchev–Trinajstić information content (AvgIpc) is 2.94. The molecule has 4 rings (SSSR count). The molecule has 0 saturated heterocycles. The zero-order chi connectivity index (χ0) is 19.9. The minimum Gasteiger partial charge on any atom is -0.497 e. The summed E-state index contributed by atoms with van der Waals surface area (Å²) in [5.41, 5.74) is 1.65. The maximum Gasteiger partial charge on any atom is 0.201 e. The van der Waals surface area contributed by atoms with Crippen LogP contribution < -0.4 is 10.1 Å². The molecule has 1 N–H and O–H groups in total. The lowest BCUT2D eigenvalue weighted by atomic mass is 9.84. The van der Waals surface area contributed by atoms with Crippen LogP contribution in [0.3, 0.4) is 0 Å². The Kier molecular flexibility index (Phi) is 4.55. The molecule has 0 aromatic heterocycles. The van der Waals surface area contributed by atoms with Crippen molar-refractivity contribution in [3.05, 3.63) is 93.5 Å². The highest BCUT2D eigenvalue weighted by atomic mass is 79.9. The fraction of sp³-hybridized carbons (Fsp3) is 0.130. The number of benzene rings is 3. The van der Waals surface area contributed by atoms with E-state index in [1.54, 1.807) is 55.6 Å². The monoisotopic (exact) mass is 435 g/mol. The van der Waals surface area contributed by atoms with Gasteiger partial charge in [0.25, 0.3) is 0 Å². The number of Topliss-reactive ketones (excluding diaryl/α,β-unsaturated/α-hetero) is 2. The Labute approximate surface area is 171 Å². The summed E-state index contributed by atoms with van der Waals surface area (Å²) in [4.78, 5) is 27.0. The fourth-order valence-electron chi connectivity index (χ4n) is 3.61. The number of nitrogens with one attached hydrogen (secondary N) is 1. The Morgan fingerprint density at radius 1 is 0.893 bits per heavy atom. The SMILES string of the molecule is COc1ccc(C2(Nc3ccc(Br)c(C)c3)C(=O)c3ccccc3C2=O)cc1. The molecule has 0 bridgehead atoms. The first-order valence-corrected chi connectivity index (χ1v) is 9.64. The van der Waals surface area contributed by atoms with Crippen LogP contribution in [0.1, 0.15) is 31.8 Å². The molecule has 3 aromatic rings. The van der Waals surface area contributed by atoms with E-state index in [0.717, 1.165) is 10.0 Å². The van der Waals surface area contributed by atoms with Crippen molar-refractivity contribution in [3.63, 3.8) is 0 Å². The highest BCUT2D eigenvalue weighted by Gasteiger charge is 2.54. The van der Waals surface area contributed by atoms with Crippen LogP contribution in [0.5, 0.6) is 5.75 Å². The molecule has 0 aliphatic heterocycles. The van der Waals surface area contributed by atoms with Gasteiger partial charge in [-0.05, 0) is 48.4 Å². The summed E-state index contributed by atoms with van der Waals surface area (Å²) >= 11 is 3.49. The van der Waals surface area contributed by atoms with Crippen molar-refractivity contribution in [3.8, 4) is 5.75 Å². The average molecular weight is 436 g/mol. The topological polar surface area (TPSA) is 55.4 Å². The number of hydrogen-bond acceptors (Lipinski definition) is 4. The normalized spacial score (nSPS) is 14.7. The van der Waals surface area contributed by atoms with Crippen molar-refractivity contribution < 1.29 is 14.3 Å². The smallest absolute Gasteiger partial charge is 0.201 e. The number of anilines is 1. The molecule has 140 valence electrons. The number of ketones is 2. The van der Waals surface area contributed by atoms with Gasteiger partial charge in [-0.25, -0.2) is 0 Å². The van der Waals surface area contributed by atoms with E-state index in [1.165, 1.54) is 0 Å². The molecule has 28 heavy (non-hydrogen) atoms. The van der Waals surface area contributed by atoms with Crippen LogP contribution in [-0.2, 0) is 5.54 Å². The van der Waals surface area contributed by atoms with Crippen molar-refractivity contribution in [2.75, 3.05) is 12.4 Å². The van der Waals surface area contributed by atoms with Gasteiger partial charge in [0.05, 0.1) is 7.11 Å². The summed E-state index contributed by atoms with van der Waals surface area (Å²) in [5.74, 6) is 0.159. The number of fused-ring (bicyclic) bond motifs is 1. The van der Waals surface area contributed by atoms with E-state index in [-0.39, 0.29) is 11.6 Å². The quantitative estimate of drug-likeness (QED) is 0.575. The van der Waals surface area contributed by atoms with E-state index in [2.05, 4.69) is 21.2 Å². The second-order valence-electron chi connectivity index (χ2n) is 6.77. The van der Waals surface area contributed by atoms with Crippen molar-refractivity contribution in [2.45, 2.75) is 12.5 Å². The van der Waals surface area contributed by atoms with E-state index in [9.17, 15) is 9.59 Å².